The number of para-hydroxylation sites is 3. The Balaban J connectivity index is 1.78. The van der Waals surface area contributed by atoms with Crippen molar-refractivity contribution in [3.63, 3.8) is 0 Å². The maximum atomic E-state index is 8.80. The highest BCUT2D eigenvalue weighted by Crippen LogP contribution is 2.39. The molecule has 0 amide bonds. The number of ether oxygens (including phenoxy) is 1. The standard InChI is InChI=1S/C24H16BNO/c1-2-9-17(10-3-1)26-20-13-6-4-11-18(20)25-19-12-5-7-15-22(19)27-23-16-8-14-21(26)24(23)25/h1-16H/i8D,14D,16D. The highest BCUT2D eigenvalue weighted by Gasteiger charge is 2.41. The molecule has 0 aliphatic carbocycles. The van der Waals surface area contributed by atoms with Crippen LogP contribution in [0.3, 0.4) is 0 Å². The summed E-state index contributed by atoms with van der Waals surface area (Å²) in [5, 5.41) is 0. The minimum Gasteiger partial charge on any atom is -0.458 e. The SMILES string of the molecule is [2H]c1c([2H])c2c3c(c1[2H])N(c1ccccc1)c1ccccc1B3c1ccccc1O2. The van der Waals surface area contributed by atoms with E-state index in [0.29, 0.717) is 17.2 Å². The summed E-state index contributed by atoms with van der Waals surface area (Å²) in [4.78, 5) is 2.03. The number of nitrogens with zero attached hydrogens (tertiary/aromatic N) is 1. The monoisotopic (exact) mass is 348 g/mol. The number of anilines is 3. The van der Waals surface area contributed by atoms with E-state index in [2.05, 4.69) is 12.1 Å². The first-order chi connectivity index (χ1) is 14.7. The van der Waals surface area contributed by atoms with E-state index in [1.807, 2.05) is 71.6 Å². The van der Waals surface area contributed by atoms with Crippen molar-refractivity contribution in [1.29, 1.82) is 0 Å². The highest BCUT2D eigenvalue weighted by molar-refractivity contribution is 6.99. The molecular formula is C24H16BNO. The van der Waals surface area contributed by atoms with Crippen molar-refractivity contribution in [2.45, 2.75) is 0 Å². The van der Waals surface area contributed by atoms with Crippen molar-refractivity contribution in [2.75, 3.05) is 4.90 Å². The zero-order valence-corrected chi connectivity index (χ0v) is 14.4. The van der Waals surface area contributed by atoms with E-state index in [9.17, 15) is 0 Å². The second-order valence-electron chi connectivity index (χ2n) is 6.77. The molecule has 2 aliphatic rings. The Bertz CT molecular complexity index is 1300. The number of hydrogen-bond donors (Lipinski definition) is 0. The van der Waals surface area contributed by atoms with Crippen molar-refractivity contribution < 1.29 is 8.85 Å². The first-order valence-corrected chi connectivity index (χ1v) is 9.01. The second kappa shape index (κ2) is 5.52. The summed E-state index contributed by atoms with van der Waals surface area (Å²) >= 11 is 0. The van der Waals surface area contributed by atoms with Gasteiger partial charge in [-0.2, -0.15) is 0 Å². The molecule has 27 heavy (non-hydrogen) atoms. The third-order valence-electron chi connectivity index (χ3n) is 5.31. The molecule has 0 unspecified atom stereocenters. The molecule has 4 aromatic rings. The zero-order valence-electron chi connectivity index (χ0n) is 17.4. The van der Waals surface area contributed by atoms with Gasteiger partial charge in [-0.25, -0.2) is 0 Å². The molecule has 4 aromatic carbocycles. The maximum Gasteiger partial charge on any atom is 0.256 e. The van der Waals surface area contributed by atoms with E-state index in [4.69, 9.17) is 8.85 Å². The van der Waals surface area contributed by atoms with E-state index < -0.39 is 0 Å². The third kappa shape index (κ3) is 2.03. The lowest BCUT2D eigenvalue weighted by Crippen LogP contribution is -2.59. The molecule has 0 radical (unpaired) electrons. The van der Waals surface area contributed by atoms with E-state index in [0.717, 1.165) is 27.8 Å². The van der Waals surface area contributed by atoms with Crippen LogP contribution in [0.25, 0.3) is 0 Å². The molecule has 0 N–H and O–H groups in total. The highest BCUT2D eigenvalue weighted by atomic mass is 16.5. The first-order valence-electron chi connectivity index (χ1n) is 10.5. The van der Waals surface area contributed by atoms with Crippen molar-refractivity contribution in [3.05, 3.63) is 97.0 Å². The Morgan fingerprint density at radius 1 is 0.704 bits per heavy atom. The quantitative estimate of drug-likeness (QED) is 0.415. The van der Waals surface area contributed by atoms with Crippen molar-refractivity contribution >= 4 is 40.2 Å². The van der Waals surface area contributed by atoms with Crippen molar-refractivity contribution in [3.8, 4) is 11.5 Å². The van der Waals surface area contributed by atoms with Crippen LogP contribution in [0.4, 0.5) is 17.1 Å². The van der Waals surface area contributed by atoms with Crippen LogP contribution in [-0.2, 0) is 0 Å². The smallest absolute Gasteiger partial charge is 0.256 e. The summed E-state index contributed by atoms with van der Waals surface area (Å²) < 4.78 is 32.0. The van der Waals surface area contributed by atoms with E-state index in [1.165, 1.54) is 0 Å². The molecule has 6 rings (SSSR count). The average molecular weight is 348 g/mol. The van der Waals surface area contributed by atoms with Crippen LogP contribution >= 0.6 is 0 Å². The zero-order chi connectivity index (χ0) is 20.4. The minimum atomic E-state index is -0.148. The van der Waals surface area contributed by atoms with Crippen LogP contribution in [0, 0.1) is 0 Å². The number of rotatable bonds is 1. The van der Waals surface area contributed by atoms with Gasteiger partial charge in [-0.15, -0.1) is 0 Å². The van der Waals surface area contributed by atoms with Gasteiger partial charge in [0.2, 0.25) is 0 Å². The lowest BCUT2D eigenvalue weighted by atomic mass is 9.34. The molecule has 0 atom stereocenters. The van der Waals surface area contributed by atoms with Crippen LogP contribution in [-0.4, -0.2) is 6.71 Å². The van der Waals surface area contributed by atoms with Gasteiger partial charge in [-0.3, -0.25) is 0 Å². The van der Waals surface area contributed by atoms with Gasteiger partial charge in [0, 0.05) is 17.1 Å². The number of fused-ring (bicyclic) bond motifs is 4. The van der Waals surface area contributed by atoms with Crippen molar-refractivity contribution in [1.82, 2.24) is 0 Å². The predicted octanol–water partition coefficient (Wildman–Crippen LogP) is 4.09. The Hall–Kier alpha value is -3.46. The summed E-state index contributed by atoms with van der Waals surface area (Å²) in [6, 6.07) is 25.8. The van der Waals surface area contributed by atoms with Gasteiger partial charge in [0.05, 0.1) is 4.11 Å². The lowest BCUT2D eigenvalue weighted by Gasteiger charge is -2.39. The molecule has 0 saturated heterocycles. The molecular weight excluding hydrogens is 329 g/mol. The fraction of sp³-hybridized carbons (Fsp3) is 0. The molecule has 2 heterocycles. The lowest BCUT2D eigenvalue weighted by molar-refractivity contribution is 0.487. The van der Waals surface area contributed by atoms with Gasteiger partial charge in [0.25, 0.3) is 6.71 Å². The molecule has 0 bridgehead atoms. The van der Waals surface area contributed by atoms with Crippen LogP contribution in [0.2, 0.25) is 0 Å². The number of hydrogen-bond acceptors (Lipinski definition) is 2. The van der Waals surface area contributed by atoms with Gasteiger partial charge >= 0.3 is 0 Å². The van der Waals surface area contributed by atoms with Gasteiger partial charge < -0.3 is 9.64 Å². The average Bonchev–Trinajstić information content (AvgIpc) is 2.80. The molecule has 0 aromatic heterocycles. The molecule has 126 valence electrons. The largest absolute Gasteiger partial charge is 0.458 e. The second-order valence-corrected chi connectivity index (χ2v) is 6.77. The normalized spacial score (nSPS) is 14.9. The fourth-order valence-corrected chi connectivity index (χ4v) is 4.22. The van der Waals surface area contributed by atoms with Crippen LogP contribution in [0.5, 0.6) is 11.5 Å². The van der Waals surface area contributed by atoms with Crippen molar-refractivity contribution in [2.24, 2.45) is 0 Å². The van der Waals surface area contributed by atoms with Crippen LogP contribution < -0.4 is 26.0 Å². The van der Waals surface area contributed by atoms with Gasteiger partial charge in [0.15, 0.2) is 0 Å². The fourth-order valence-electron chi connectivity index (χ4n) is 4.22. The van der Waals surface area contributed by atoms with Crippen LogP contribution in [0.1, 0.15) is 4.11 Å². The molecule has 0 spiro atoms. The first kappa shape index (κ1) is 12.0. The Kier molecular flexibility index (Phi) is 2.46. The van der Waals surface area contributed by atoms with E-state index in [-0.39, 0.29) is 24.8 Å². The van der Waals surface area contributed by atoms with E-state index >= 15 is 0 Å². The number of benzene rings is 4. The summed E-state index contributed by atoms with van der Waals surface area (Å²) in [6.07, 6.45) is 0. The summed E-state index contributed by atoms with van der Waals surface area (Å²) in [5.41, 5.74) is 5.42. The Morgan fingerprint density at radius 2 is 1.44 bits per heavy atom. The van der Waals surface area contributed by atoms with E-state index in [1.54, 1.807) is 0 Å². The van der Waals surface area contributed by atoms with Gasteiger partial charge in [-0.05, 0) is 52.7 Å². The maximum absolute atomic E-state index is 8.80. The Labute approximate surface area is 163 Å². The molecule has 3 heteroatoms. The van der Waals surface area contributed by atoms with Gasteiger partial charge in [0.1, 0.15) is 11.5 Å². The summed E-state index contributed by atoms with van der Waals surface area (Å²) in [5.74, 6) is 1.08. The van der Waals surface area contributed by atoms with Gasteiger partial charge in [-0.1, -0.05) is 60.6 Å². The summed E-state index contributed by atoms with van der Waals surface area (Å²) in [6.45, 7) is -0.148. The minimum absolute atomic E-state index is 0.0364. The molecule has 2 nitrogen and oxygen atoms in total. The summed E-state index contributed by atoms with van der Waals surface area (Å²) in [7, 11) is 0. The molecule has 2 aliphatic heterocycles. The predicted molar refractivity (Wildman–Crippen MR) is 112 cm³/mol. The topological polar surface area (TPSA) is 12.5 Å². The Morgan fingerprint density at radius 3 is 2.33 bits per heavy atom. The molecule has 0 fully saturated rings. The van der Waals surface area contributed by atoms with Crippen LogP contribution in [0.15, 0.2) is 97.0 Å². The third-order valence-corrected chi connectivity index (χ3v) is 5.31. The molecule has 0 saturated carbocycles.